The molecule has 0 atom stereocenters. The van der Waals surface area contributed by atoms with Crippen LogP contribution in [0.5, 0.6) is 5.75 Å². The van der Waals surface area contributed by atoms with Crippen molar-refractivity contribution in [1.29, 1.82) is 0 Å². The number of hydrogen-bond donors (Lipinski definition) is 1. The summed E-state index contributed by atoms with van der Waals surface area (Å²) in [6.07, 6.45) is 1.50. The molecule has 24 heavy (non-hydrogen) atoms. The van der Waals surface area contributed by atoms with E-state index in [4.69, 9.17) is 4.74 Å². The topological polar surface area (TPSA) is 58.6 Å². The molecule has 0 unspecified atom stereocenters. The van der Waals surface area contributed by atoms with Crippen molar-refractivity contribution in [3.63, 3.8) is 0 Å². The molecule has 1 fully saturated rings. The van der Waals surface area contributed by atoms with Crippen molar-refractivity contribution in [3.05, 3.63) is 54.1 Å². The number of carbonyl (C=O) groups is 2. The number of aryl methyl sites for hydroxylation is 1. The third kappa shape index (κ3) is 3.93. The molecule has 2 aromatic carbocycles. The second-order valence-corrected chi connectivity index (χ2v) is 5.85. The third-order valence-corrected chi connectivity index (χ3v) is 3.93. The molecule has 2 aromatic rings. The predicted molar refractivity (Wildman–Crippen MR) is 93.3 cm³/mol. The van der Waals surface area contributed by atoms with E-state index in [2.05, 4.69) is 5.32 Å². The van der Waals surface area contributed by atoms with Gasteiger partial charge in [0.1, 0.15) is 5.75 Å². The Labute approximate surface area is 141 Å². The summed E-state index contributed by atoms with van der Waals surface area (Å²) in [5.41, 5.74) is 2.69. The predicted octanol–water partition coefficient (Wildman–Crippen LogP) is 3.14. The van der Waals surface area contributed by atoms with E-state index in [0.717, 1.165) is 24.2 Å². The standard InChI is InChI=1S/C19H20N2O3/c1-14-4-10-17(11-5-14)24-13-18(22)20-15-6-8-16(9-7-15)21-12-2-3-19(21)23/h4-11H,2-3,12-13H2,1H3,(H,20,22). The van der Waals surface area contributed by atoms with Crippen LogP contribution in [0.3, 0.4) is 0 Å². The van der Waals surface area contributed by atoms with Crippen LogP contribution < -0.4 is 15.0 Å². The van der Waals surface area contributed by atoms with Crippen LogP contribution in [0.25, 0.3) is 0 Å². The van der Waals surface area contributed by atoms with Crippen molar-refractivity contribution in [2.24, 2.45) is 0 Å². The number of hydrogen-bond acceptors (Lipinski definition) is 3. The molecule has 5 nitrogen and oxygen atoms in total. The van der Waals surface area contributed by atoms with Gasteiger partial charge in [-0.3, -0.25) is 9.59 Å². The van der Waals surface area contributed by atoms with E-state index in [0.29, 0.717) is 17.9 Å². The van der Waals surface area contributed by atoms with Gasteiger partial charge < -0.3 is 15.0 Å². The van der Waals surface area contributed by atoms with Gasteiger partial charge in [-0.05, 0) is 49.7 Å². The molecule has 1 aliphatic rings. The lowest BCUT2D eigenvalue weighted by Gasteiger charge is -2.16. The second-order valence-electron chi connectivity index (χ2n) is 5.85. The largest absolute Gasteiger partial charge is 0.484 e. The molecule has 0 aliphatic carbocycles. The Morgan fingerprint density at radius 3 is 2.46 bits per heavy atom. The minimum Gasteiger partial charge on any atom is -0.484 e. The summed E-state index contributed by atoms with van der Waals surface area (Å²) >= 11 is 0. The normalized spacial score (nSPS) is 13.9. The van der Waals surface area contributed by atoms with Crippen molar-refractivity contribution >= 4 is 23.2 Å². The zero-order chi connectivity index (χ0) is 16.9. The molecular weight excluding hydrogens is 304 g/mol. The van der Waals surface area contributed by atoms with Crippen molar-refractivity contribution < 1.29 is 14.3 Å². The van der Waals surface area contributed by atoms with E-state index < -0.39 is 0 Å². The summed E-state index contributed by atoms with van der Waals surface area (Å²) in [7, 11) is 0. The summed E-state index contributed by atoms with van der Waals surface area (Å²) < 4.78 is 5.45. The van der Waals surface area contributed by atoms with E-state index in [-0.39, 0.29) is 18.4 Å². The number of benzene rings is 2. The molecular formula is C19H20N2O3. The Bertz CT molecular complexity index is 723. The first-order valence-corrected chi connectivity index (χ1v) is 8.01. The van der Waals surface area contributed by atoms with Gasteiger partial charge in [0.15, 0.2) is 6.61 Å². The molecule has 3 rings (SSSR count). The third-order valence-electron chi connectivity index (χ3n) is 3.93. The number of ether oxygens (including phenoxy) is 1. The summed E-state index contributed by atoms with van der Waals surface area (Å²) in [5, 5.41) is 2.79. The van der Waals surface area contributed by atoms with Crippen LogP contribution in [0.2, 0.25) is 0 Å². The molecule has 1 aliphatic heterocycles. The van der Waals surface area contributed by atoms with Crippen molar-refractivity contribution in [2.45, 2.75) is 19.8 Å². The first-order valence-electron chi connectivity index (χ1n) is 8.01. The zero-order valence-electron chi connectivity index (χ0n) is 13.6. The second kappa shape index (κ2) is 7.17. The monoisotopic (exact) mass is 324 g/mol. The average Bonchev–Trinajstić information content (AvgIpc) is 3.01. The van der Waals surface area contributed by atoms with Crippen molar-refractivity contribution in [1.82, 2.24) is 0 Å². The van der Waals surface area contributed by atoms with E-state index in [1.807, 2.05) is 43.3 Å². The molecule has 0 radical (unpaired) electrons. The highest BCUT2D eigenvalue weighted by molar-refractivity contribution is 5.96. The Hall–Kier alpha value is -2.82. The fourth-order valence-electron chi connectivity index (χ4n) is 2.63. The van der Waals surface area contributed by atoms with Crippen LogP contribution >= 0.6 is 0 Å². The van der Waals surface area contributed by atoms with Gasteiger partial charge in [0.05, 0.1) is 0 Å². The van der Waals surface area contributed by atoms with Gasteiger partial charge in [0, 0.05) is 24.3 Å². The van der Waals surface area contributed by atoms with Gasteiger partial charge in [-0.15, -0.1) is 0 Å². The summed E-state index contributed by atoms with van der Waals surface area (Å²) in [6, 6.07) is 14.8. The minimum atomic E-state index is -0.222. The van der Waals surface area contributed by atoms with Crippen molar-refractivity contribution in [2.75, 3.05) is 23.4 Å². The fourth-order valence-corrected chi connectivity index (χ4v) is 2.63. The van der Waals surface area contributed by atoms with Gasteiger partial charge >= 0.3 is 0 Å². The molecule has 1 saturated heterocycles. The SMILES string of the molecule is Cc1ccc(OCC(=O)Nc2ccc(N3CCCC3=O)cc2)cc1. The highest BCUT2D eigenvalue weighted by atomic mass is 16.5. The average molecular weight is 324 g/mol. The van der Waals surface area contributed by atoms with Crippen molar-refractivity contribution in [3.8, 4) is 5.75 Å². The van der Waals surface area contributed by atoms with Crippen LogP contribution in [0.15, 0.2) is 48.5 Å². The fraction of sp³-hybridized carbons (Fsp3) is 0.263. The highest BCUT2D eigenvalue weighted by Crippen LogP contribution is 2.23. The number of nitrogens with one attached hydrogen (secondary N) is 1. The minimum absolute atomic E-state index is 0.0462. The lowest BCUT2D eigenvalue weighted by Crippen LogP contribution is -2.23. The Morgan fingerprint density at radius 1 is 1.12 bits per heavy atom. The zero-order valence-corrected chi connectivity index (χ0v) is 13.6. The maximum atomic E-state index is 11.9. The lowest BCUT2D eigenvalue weighted by molar-refractivity contribution is -0.118. The summed E-state index contributed by atoms with van der Waals surface area (Å²) in [6.45, 7) is 2.71. The smallest absolute Gasteiger partial charge is 0.262 e. The molecule has 124 valence electrons. The number of rotatable bonds is 5. The number of amides is 2. The Morgan fingerprint density at radius 2 is 1.83 bits per heavy atom. The van der Waals surface area contributed by atoms with Crippen LogP contribution in [0, 0.1) is 6.92 Å². The van der Waals surface area contributed by atoms with Gasteiger partial charge in [0.25, 0.3) is 5.91 Å². The number of nitrogens with zero attached hydrogens (tertiary/aromatic N) is 1. The van der Waals surface area contributed by atoms with E-state index in [9.17, 15) is 9.59 Å². The Kier molecular flexibility index (Phi) is 4.79. The quantitative estimate of drug-likeness (QED) is 0.919. The van der Waals surface area contributed by atoms with Gasteiger partial charge in [0.2, 0.25) is 5.91 Å². The van der Waals surface area contributed by atoms with E-state index in [1.54, 1.807) is 17.0 Å². The molecule has 2 amide bonds. The molecule has 0 saturated carbocycles. The molecule has 0 bridgehead atoms. The molecule has 1 heterocycles. The van der Waals surface area contributed by atoms with Crippen LogP contribution in [-0.4, -0.2) is 25.0 Å². The lowest BCUT2D eigenvalue weighted by atomic mass is 10.2. The van der Waals surface area contributed by atoms with E-state index in [1.165, 1.54) is 0 Å². The highest BCUT2D eigenvalue weighted by Gasteiger charge is 2.21. The molecule has 0 spiro atoms. The first-order chi connectivity index (χ1) is 11.6. The van der Waals surface area contributed by atoms with Gasteiger partial charge in [-0.1, -0.05) is 17.7 Å². The van der Waals surface area contributed by atoms with E-state index >= 15 is 0 Å². The van der Waals surface area contributed by atoms with Crippen LogP contribution in [0.1, 0.15) is 18.4 Å². The van der Waals surface area contributed by atoms with Gasteiger partial charge in [-0.2, -0.15) is 0 Å². The molecule has 5 heteroatoms. The first kappa shape index (κ1) is 16.1. The molecule has 0 aromatic heterocycles. The van der Waals surface area contributed by atoms with Crippen LogP contribution in [-0.2, 0) is 9.59 Å². The Balaban J connectivity index is 1.52. The van der Waals surface area contributed by atoms with Gasteiger partial charge in [-0.25, -0.2) is 0 Å². The number of anilines is 2. The van der Waals surface area contributed by atoms with Crippen LogP contribution in [0.4, 0.5) is 11.4 Å². The summed E-state index contributed by atoms with van der Waals surface area (Å²) in [5.74, 6) is 0.595. The maximum absolute atomic E-state index is 11.9. The maximum Gasteiger partial charge on any atom is 0.262 e. The summed E-state index contributed by atoms with van der Waals surface area (Å²) in [4.78, 5) is 25.4. The number of carbonyl (C=O) groups excluding carboxylic acids is 2. The molecule has 1 N–H and O–H groups in total.